The van der Waals surface area contributed by atoms with E-state index in [1.165, 1.54) is 11.1 Å². The highest BCUT2D eigenvalue weighted by Gasteiger charge is 2.50. The summed E-state index contributed by atoms with van der Waals surface area (Å²) in [4.78, 5) is 37.5. The Hall–Kier alpha value is -3.68. The average Bonchev–Trinajstić information content (AvgIpc) is 3.41. The van der Waals surface area contributed by atoms with Crippen molar-refractivity contribution in [3.05, 3.63) is 41.5 Å². The van der Waals surface area contributed by atoms with E-state index in [-0.39, 0.29) is 0 Å². The molecule has 0 spiro atoms. The molecule has 41 heavy (non-hydrogen) atoms. The van der Waals surface area contributed by atoms with Gasteiger partial charge in [0.1, 0.15) is 11.4 Å². The smallest absolute Gasteiger partial charge is 0.336 e. The topological polar surface area (TPSA) is 192 Å². The monoisotopic (exact) mass is 577 g/mol. The molecule has 0 radical (unpaired) electrons. The number of hydrogen-bond donors (Lipinski definition) is 5. The van der Waals surface area contributed by atoms with Crippen molar-refractivity contribution in [2.75, 3.05) is 13.7 Å². The Balaban J connectivity index is 0.000000302. The molecule has 2 atom stereocenters. The van der Waals surface area contributed by atoms with Crippen LogP contribution in [0.5, 0.6) is 11.5 Å². The Morgan fingerprint density at radius 3 is 2.10 bits per heavy atom. The van der Waals surface area contributed by atoms with Crippen molar-refractivity contribution < 1.29 is 49.4 Å². The van der Waals surface area contributed by atoms with Gasteiger partial charge in [-0.05, 0) is 62.8 Å². The molecule has 0 aliphatic carbocycles. The standard InChI is InChI=1S/C22H31N3O3.C6H8O7/c1-5-28-20-11-16(15(2)10-19(20)27-4)14-25-17-6-7-18(25)13-22(26,12-17)21-23-8-9-24(21)3;7-3(8)1-6(13,5(11)12)2-4(9)10/h8-11,17-18,26H,5-7,12-14H2,1-4H3;13H,1-2H2,(H,7,8)(H,9,10)(H,11,12). The molecule has 2 fully saturated rings. The summed E-state index contributed by atoms with van der Waals surface area (Å²) < 4.78 is 13.2. The lowest BCUT2D eigenvalue weighted by Crippen LogP contribution is -2.50. The molecule has 0 saturated carbocycles. The third kappa shape index (κ3) is 7.34. The van der Waals surface area contributed by atoms with Crippen LogP contribution in [0.4, 0.5) is 0 Å². The van der Waals surface area contributed by atoms with Crippen molar-refractivity contribution in [3.63, 3.8) is 0 Å². The first-order valence-corrected chi connectivity index (χ1v) is 13.4. The molecule has 226 valence electrons. The number of aliphatic carboxylic acids is 3. The first-order chi connectivity index (χ1) is 19.2. The molecule has 2 saturated heterocycles. The molecule has 3 heterocycles. The first-order valence-electron chi connectivity index (χ1n) is 13.4. The predicted molar refractivity (Wildman–Crippen MR) is 145 cm³/mol. The molecule has 0 amide bonds. The van der Waals surface area contributed by atoms with E-state index in [2.05, 4.69) is 28.9 Å². The third-order valence-electron chi connectivity index (χ3n) is 7.72. The van der Waals surface area contributed by atoms with Gasteiger partial charge in [0.2, 0.25) is 0 Å². The second-order valence-electron chi connectivity index (χ2n) is 10.7. The number of hydrogen-bond acceptors (Lipinski definition) is 9. The largest absolute Gasteiger partial charge is 0.493 e. The van der Waals surface area contributed by atoms with Gasteiger partial charge in [-0.25, -0.2) is 9.78 Å². The summed E-state index contributed by atoms with van der Waals surface area (Å²) in [5.41, 5.74) is -1.09. The van der Waals surface area contributed by atoms with Crippen molar-refractivity contribution in [1.29, 1.82) is 0 Å². The van der Waals surface area contributed by atoms with Gasteiger partial charge < -0.3 is 39.6 Å². The van der Waals surface area contributed by atoms with Crippen LogP contribution in [-0.2, 0) is 33.6 Å². The number of carboxylic acid groups (broad SMARTS) is 3. The van der Waals surface area contributed by atoms with Crippen molar-refractivity contribution in [2.24, 2.45) is 7.05 Å². The maximum absolute atomic E-state index is 11.4. The molecule has 2 aliphatic rings. The molecule has 1 aromatic carbocycles. The average molecular weight is 578 g/mol. The zero-order valence-corrected chi connectivity index (χ0v) is 23.7. The predicted octanol–water partition coefficient (Wildman–Crippen LogP) is 1.90. The SMILES string of the molecule is CCOc1cc(CN2C3CCC2CC(O)(c2nccn2C)C3)c(C)cc1OC.O=C(O)CC(O)(CC(=O)O)C(=O)O. The van der Waals surface area contributed by atoms with Crippen LogP contribution >= 0.6 is 0 Å². The molecule has 4 rings (SSSR count). The number of rotatable bonds is 11. The molecule has 2 bridgehead atoms. The van der Waals surface area contributed by atoms with Gasteiger partial charge in [-0.15, -0.1) is 0 Å². The van der Waals surface area contributed by atoms with Gasteiger partial charge in [-0.1, -0.05) is 0 Å². The van der Waals surface area contributed by atoms with Crippen molar-refractivity contribution in [1.82, 2.24) is 14.5 Å². The van der Waals surface area contributed by atoms with Gasteiger partial charge >= 0.3 is 17.9 Å². The summed E-state index contributed by atoms with van der Waals surface area (Å²) in [6, 6.07) is 4.93. The number of aliphatic hydroxyl groups is 2. The van der Waals surface area contributed by atoms with Crippen LogP contribution in [0.3, 0.4) is 0 Å². The number of carbonyl (C=O) groups is 3. The first kappa shape index (κ1) is 31.8. The Morgan fingerprint density at radius 1 is 1.07 bits per heavy atom. The molecule has 5 N–H and O–H groups in total. The summed E-state index contributed by atoms with van der Waals surface area (Å²) in [5.74, 6) is -2.63. The van der Waals surface area contributed by atoms with E-state index in [0.717, 1.165) is 49.6 Å². The number of ether oxygens (including phenoxy) is 2. The zero-order chi connectivity index (χ0) is 30.5. The number of methoxy groups -OCH3 is 1. The van der Waals surface area contributed by atoms with Gasteiger partial charge in [0.15, 0.2) is 17.1 Å². The van der Waals surface area contributed by atoms with Gasteiger partial charge in [0.05, 0.1) is 26.6 Å². The quantitative estimate of drug-likeness (QED) is 0.261. The molecular formula is C28H39N3O10. The molecule has 2 aromatic rings. The van der Waals surface area contributed by atoms with Gasteiger partial charge in [-0.2, -0.15) is 0 Å². The third-order valence-corrected chi connectivity index (χ3v) is 7.72. The number of benzene rings is 1. The molecular weight excluding hydrogens is 538 g/mol. The number of aryl methyl sites for hydroxylation is 2. The van der Waals surface area contributed by atoms with Crippen molar-refractivity contribution >= 4 is 17.9 Å². The minimum atomic E-state index is -2.74. The number of fused-ring (bicyclic) bond motifs is 2. The Kier molecular flexibility index (Phi) is 10.0. The molecule has 2 aliphatic heterocycles. The normalized spacial score (nSPS) is 22.0. The highest BCUT2D eigenvalue weighted by Crippen LogP contribution is 2.46. The number of imidazole rings is 1. The fraction of sp³-hybridized carbons (Fsp3) is 0.571. The lowest BCUT2D eigenvalue weighted by atomic mass is 9.85. The summed E-state index contributed by atoms with van der Waals surface area (Å²) in [6.07, 6.45) is 5.14. The minimum absolute atomic E-state index is 0.373. The fourth-order valence-electron chi connectivity index (χ4n) is 5.78. The lowest BCUT2D eigenvalue weighted by Gasteiger charge is -2.43. The Morgan fingerprint density at radius 2 is 1.66 bits per heavy atom. The highest BCUT2D eigenvalue weighted by atomic mass is 16.5. The number of nitrogens with zero attached hydrogens (tertiary/aromatic N) is 3. The van der Waals surface area contributed by atoms with Crippen LogP contribution in [0, 0.1) is 6.92 Å². The summed E-state index contributed by atoms with van der Waals surface area (Å²) in [5, 5.41) is 45.2. The van der Waals surface area contributed by atoms with E-state index in [1.54, 1.807) is 13.3 Å². The van der Waals surface area contributed by atoms with Crippen molar-refractivity contribution in [2.45, 2.75) is 82.2 Å². The number of aromatic nitrogens is 2. The zero-order valence-electron chi connectivity index (χ0n) is 23.7. The van der Waals surface area contributed by atoms with Crippen LogP contribution in [0.2, 0.25) is 0 Å². The van der Waals surface area contributed by atoms with E-state index in [1.807, 2.05) is 24.7 Å². The number of piperidine rings is 1. The molecule has 13 heteroatoms. The van der Waals surface area contributed by atoms with Crippen LogP contribution in [0.25, 0.3) is 0 Å². The maximum Gasteiger partial charge on any atom is 0.336 e. The fourth-order valence-corrected chi connectivity index (χ4v) is 5.78. The maximum atomic E-state index is 11.4. The summed E-state index contributed by atoms with van der Waals surface area (Å²) >= 11 is 0. The van der Waals surface area contributed by atoms with Crippen LogP contribution < -0.4 is 9.47 Å². The van der Waals surface area contributed by atoms with Crippen LogP contribution in [0.1, 0.15) is 62.4 Å². The highest BCUT2D eigenvalue weighted by molar-refractivity contribution is 5.88. The Bertz CT molecular complexity index is 1230. The van der Waals surface area contributed by atoms with Crippen LogP contribution in [0.15, 0.2) is 24.5 Å². The Labute approximate surface area is 237 Å². The van der Waals surface area contributed by atoms with E-state index in [0.29, 0.717) is 18.7 Å². The number of carboxylic acids is 3. The molecule has 1 aromatic heterocycles. The van der Waals surface area contributed by atoms with Crippen molar-refractivity contribution in [3.8, 4) is 11.5 Å². The summed E-state index contributed by atoms with van der Waals surface area (Å²) in [6.45, 7) is 5.61. The van der Waals surface area contributed by atoms with Gasteiger partial charge in [-0.3, -0.25) is 14.5 Å². The minimum Gasteiger partial charge on any atom is -0.493 e. The van der Waals surface area contributed by atoms with Crippen LogP contribution in [-0.4, -0.2) is 89.3 Å². The summed E-state index contributed by atoms with van der Waals surface area (Å²) in [7, 11) is 3.64. The van der Waals surface area contributed by atoms with E-state index < -0.39 is 42.0 Å². The van der Waals surface area contributed by atoms with Gasteiger partial charge in [0.25, 0.3) is 0 Å². The van der Waals surface area contributed by atoms with E-state index >= 15 is 0 Å². The van der Waals surface area contributed by atoms with E-state index in [9.17, 15) is 19.5 Å². The second-order valence-corrected chi connectivity index (χ2v) is 10.7. The molecule has 2 unspecified atom stereocenters. The second kappa shape index (κ2) is 12.9. The van der Waals surface area contributed by atoms with E-state index in [4.69, 9.17) is 29.9 Å². The van der Waals surface area contributed by atoms with Gasteiger partial charge in [0, 0.05) is 38.1 Å². The lowest BCUT2D eigenvalue weighted by molar-refractivity contribution is -0.170. The molecule has 13 nitrogen and oxygen atoms in total.